The summed E-state index contributed by atoms with van der Waals surface area (Å²) in [5.74, 6) is 0.568. The summed E-state index contributed by atoms with van der Waals surface area (Å²) in [6, 6.07) is 0. The van der Waals surface area contributed by atoms with E-state index in [1.54, 1.807) is 20.8 Å². The molecule has 0 aliphatic carbocycles. The molecule has 3 heteroatoms. The number of hydrogen-bond donors (Lipinski definition) is 2. The Morgan fingerprint density at radius 3 is 1.75 bits per heavy atom. The van der Waals surface area contributed by atoms with Crippen LogP contribution < -0.4 is 0 Å². The summed E-state index contributed by atoms with van der Waals surface area (Å²) in [5, 5.41) is 19.2. The second kappa shape index (κ2) is 3.12. The fraction of sp³-hybridized carbons (Fsp3) is 0.333. The molecule has 0 aromatic heterocycles. The maximum Gasteiger partial charge on any atom is 0.132 e. The van der Waals surface area contributed by atoms with Crippen molar-refractivity contribution in [1.29, 1.82) is 0 Å². The van der Waals surface area contributed by atoms with Gasteiger partial charge in [-0.15, -0.1) is 0 Å². The van der Waals surface area contributed by atoms with Gasteiger partial charge in [0.1, 0.15) is 11.5 Å². The highest BCUT2D eigenvalue weighted by molar-refractivity contribution is 14.1. The SMILES string of the molecule is Cc1c(C)c(O)c(I)c(C)c1O. The lowest BCUT2D eigenvalue weighted by atomic mass is 10.0. The fourth-order valence-corrected chi connectivity index (χ4v) is 1.74. The van der Waals surface area contributed by atoms with E-state index in [0.717, 1.165) is 20.3 Å². The van der Waals surface area contributed by atoms with Gasteiger partial charge >= 0.3 is 0 Å². The van der Waals surface area contributed by atoms with Crippen LogP contribution in [0, 0.1) is 24.3 Å². The van der Waals surface area contributed by atoms with Crippen LogP contribution in [0.5, 0.6) is 11.5 Å². The van der Waals surface area contributed by atoms with E-state index in [1.165, 1.54) is 0 Å². The van der Waals surface area contributed by atoms with Gasteiger partial charge in [-0.1, -0.05) is 0 Å². The van der Waals surface area contributed by atoms with E-state index >= 15 is 0 Å². The first-order valence-corrected chi connectivity index (χ1v) is 4.71. The van der Waals surface area contributed by atoms with Gasteiger partial charge in [0, 0.05) is 5.56 Å². The van der Waals surface area contributed by atoms with E-state index in [0.29, 0.717) is 0 Å². The predicted molar refractivity (Wildman–Crippen MR) is 56.7 cm³/mol. The molecule has 1 aromatic rings. The van der Waals surface area contributed by atoms with E-state index in [9.17, 15) is 10.2 Å². The van der Waals surface area contributed by atoms with Crippen LogP contribution in [-0.4, -0.2) is 10.2 Å². The zero-order valence-electron chi connectivity index (χ0n) is 7.27. The van der Waals surface area contributed by atoms with Crippen molar-refractivity contribution in [2.45, 2.75) is 20.8 Å². The molecule has 2 nitrogen and oxygen atoms in total. The molecule has 1 aromatic carbocycles. The van der Waals surface area contributed by atoms with Crippen molar-refractivity contribution in [3.8, 4) is 11.5 Å². The van der Waals surface area contributed by atoms with E-state index < -0.39 is 0 Å². The van der Waals surface area contributed by atoms with Gasteiger partial charge in [-0.2, -0.15) is 0 Å². The van der Waals surface area contributed by atoms with Gasteiger partial charge in [0.25, 0.3) is 0 Å². The molecule has 0 aliphatic heterocycles. The second-order valence-electron chi connectivity index (χ2n) is 2.89. The highest BCUT2D eigenvalue weighted by atomic mass is 127. The lowest BCUT2D eigenvalue weighted by molar-refractivity contribution is 0.446. The fourth-order valence-electron chi connectivity index (χ4n) is 1.08. The Morgan fingerprint density at radius 2 is 1.25 bits per heavy atom. The van der Waals surface area contributed by atoms with Crippen molar-refractivity contribution < 1.29 is 10.2 Å². The molecule has 0 amide bonds. The topological polar surface area (TPSA) is 40.5 Å². The molecule has 0 aliphatic rings. The summed E-state index contributed by atoms with van der Waals surface area (Å²) in [6.45, 7) is 5.39. The van der Waals surface area contributed by atoms with E-state index in [2.05, 4.69) is 0 Å². The van der Waals surface area contributed by atoms with E-state index in [4.69, 9.17) is 0 Å². The molecule has 0 saturated carbocycles. The Hall–Kier alpha value is -0.450. The minimum absolute atomic E-state index is 0.281. The minimum Gasteiger partial charge on any atom is -0.507 e. The van der Waals surface area contributed by atoms with Gasteiger partial charge in [-0.05, 0) is 54.5 Å². The molecule has 0 radical (unpaired) electrons. The van der Waals surface area contributed by atoms with Gasteiger partial charge in [0.2, 0.25) is 0 Å². The normalized spacial score (nSPS) is 10.3. The molecule has 0 spiro atoms. The predicted octanol–water partition coefficient (Wildman–Crippen LogP) is 2.63. The summed E-state index contributed by atoms with van der Waals surface area (Å²) in [7, 11) is 0. The lowest BCUT2D eigenvalue weighted by Crippen LogP contribution is -1.91. The zero-order chi connectivity index (χ0) is 9.46. The number of benzene rings is 1. The van der Waals surface area contributed by atoms with Crippen LogP contribution in [0.15, 0.2) is 0 Å². The summed E-state index contributed by atoms with van der Waals surface area (Å²) in [5.41, 5.74) is 2.25. The Balaban J connectivity index is 3.60. The highest BCUT2D eigenvalue weighted by Gasteiger charge is 2.13. The number of halogens is 1. The van der Waals surface area contributed by atoms with Crippen LogP contribution in [0.25, 0.3) is 0 Å². The Morgan fingerprint density at radius 1 is 0.833 bits per heavy atom. The molecule has 2 N–H and O–H groups in total. The third-order valence-electron chi connectivity index (χ3n) is 2.17. The van der Waals surface area contributed by atoms with Gasteiger partial charge in [-0.25, -0.2) is 0 Å². The first-order valence-electron chi connectivity index (χ1n) is 3.64. The van der Waals surface area contributed by atoms with E-state index in [1.807, 2.05) is 22.6 Å². The van der Waals surface area contributed by atoms with Crippen LogP contribution in [-0.2, 0) is 0 Å². The molecule has 0 heterocycles. The molecule has 1 rings (SSSR count). The van der Waals surface area contributed by atoms with E-state index in [-0.39, 0.29) is 11.5 Å². The maximum absolute atomic E-state index is 9.58. The third kappa shape index (κ3) is 1.26. The van der Waals surface area contributed by atoms with Crippen molar-refractivity contribution in [3.05, 3.63) is 20.3 Å². The monoisotopic (exact) mass is 278 g/mol. The first-order chi connectivity index (χ1) is 5.46. The highest BCUT2D eigenvalue weighted by Crippen LogP contribution is 2.36. The zero-order valence-corrected chi connectivity index (χ0v) is 9.43. The summed E-state index contributed by atoms with van der Waals surface area (Å²) in [4.78, 5) is 0. The number of phenols is 2. The molecule has 0 saturated heterocycles. The Kier molecular flexibility index (Phi) is 2.51. The second-order valence-corrected chi connectivity index (χ2v) is 3.96. The van der Waals surface area contributed by atoms with Crippen LogP contribution in [0.2, 0.25) is 0 Å². The van der Waals surface area contributed by atoms with Crippen molar-refractivity contribution in [2.75, 3.05) is 0 Å². The number of rotatable bonds is 0. The lowest BCUT2D eigenvalue weighted by Gasteiger charge is -2.11. The molecular formula is C9H11IO2. The molecule has 12 heavy (non-hydrogen) atoms. The molecule has 0 unspecified atom stereocenters. The summed E-state index contributed by atoms with van der Waals surface area (Å²) in [6.07, 6.45) is 0. The number of phenolic OH excluding ortho intramolecular Hbond substituents is 2. The molecule has 0 atom stereocenters. The van der Waals surface area contributed by atoms with Crippen molar-refractivity contribution in [1.82, 2.24) is 0 Å². The minimum atomic E-state index is 0.281. The van der Waals surface area contributed by atoms with Crippen LogP contribution in [0.4, 0.5) is 0 Å². The van der Waals surface area contributed by atoms with Crippen LogP contribution >= 0.6 is 22.6 Å². The number of hydrogen-bond acceptors (Lipinski definition) is 2. The molecule has 0 bridgehead atoms. The summed E-state index contributed by atoms with van der Waals surface area (Å²) >= 11 is 2.03. The van der Waals surface area contributed by atoms with Gasteiger partial charge in [-0.3, -0.25) is 0 Å². The van der Waals surface area contributed by atoms with Crippen molar-refractivity contribution in [3.63, 3.8) is 0 Å². The molecular weight excluding hydrogens is 267 g/mol. The first kappa shape index (κ1) is 9.64. The molecule has 0 fully saturated rings. The Bertz CT molecular complexity index is 227. The average Bonchev–Trinajstić information content (AvgIpc) is 2.08. The van der Waals surface area contributed by atoms with Gasteiger partial charge in [0.15, 0.2) is 0 Å². The average molecular weight is 278 g/mol. The largest absolute Gasteiger partial charge is 0.507 e. The molecule has 66 valence electrons. The van der Waals surface area contributed by atoms with Crippen molar-refractivity contribution >= 4 is 22.6 Å². The van der Waals surface area contributed by atoms with Crippen molar-refractivity contribution in [2.24, 2.45) is 0 Å². The van der Waals surface area contributed by atoms with Crippen LogP contribution in [0.3, 0.4) is 0 Å². The number of aromatic hydroxyl groups is 2. The van der Waals surface area contributed by atoms with Gasteiger partial charge in [0.05, 0.1) is 3.57 Å². The standard InChI is InChI=1S/C9H11IO2/c1-4-5(2)9(12)7(10)6(3)8(4)11/h11-12H,1-3H3. The summed E-state index contributed by atoms with van der Waals surface area (Å²) < 4.78 is 0.730. The maximum atomic E-state index is 9.58. The smallest absolute Gasteiger partial charge is 0.132 e. The quantitative estimate of drug-likeness (QED) is 0.565. The Labute approximate surface area is 85.4 Å². The van der Waals surface area contributed by atoms with Gasteiger partial charge < -0.3 is 10.2 Å². The third-order valence-corrected chi connectivity index (χ3v) is 3.49. The van der Waals surface area contributed by atoms with Crippen LogP contribution in [0.1, 0.15) is 16.7 Å².